The summed E-state index contributed by atoms with van der Waals surface area (Å²) in [4.78, 5) is 32.2. The van der Waals surface area contributed by atoms with Crippen molar-refractivity contribution in [1.29, 1.82) is 0 Å². The smallest absolute Gasteiger partial charge is 0.227 e. The Bertz CT molecular complexity index is 1180. The topological polar surface area (TPSA) is 55.8 Å². The maximum absolute atomic E-state index is 13.1. The predicted octanol–water partition coefficient (Wildman–Crippen LogP) is 3.78. The number of aromatic nitrogens is 2. The number of anilines is 3. The summed E-state index contributed by atoms with van der Waals surface area (Å²) in [6.07, 6.45) is 1.18. The Hall–Kier alpha value is -3.61. The van der Waals surface area contributed by atoms with Gasteiger partial charge >= 0.3 is 0 Å². The lowest BCUT2D eigenvalue weighted by Gasteiger charge is -2.38. The van der Waals surface area contributed by atoms with Crippen LogP contribution in [0.3, 0.4) is 0 Å². The molecule has 0 spiro atoms. The van der Waals surface area contributed by atoms with Crippen molar-refractivity contribution in [3.63, 3.8) is 0 Å². The van der Waals surface area contributed by atoms with Gasteiger partial charge < -0.3 is 19.6 Å². The summed E-state index contributed by atoms with van der Waals surface area (Å²) in [5, 5.41) is 0. The zero-order chi connectivity index (χ0) is 25.1. The monoisotopic (exact) mass is 484 g/mol. The number of benzene rings is 2. The van der Waals surface area contributed by atoms with Crippen LogP contribution in [0, 0.1) is 0 Å². The largest absolute Gasteiger partial charge is 0.368 e. The Morgan fingerprint density at radius 1 is 0.889 bits per heavy atom. The summed E-state index contributed by atoms with van der Waals surface area (Å²) in [6.45, 7) is 9.28. The van der Waals surface area contributed by atoms with Crippen LogP contribution in [-0.4, -0.2) is 66.6 Å². The van der Waals surface area contributed by atoms with E-state index in [1.54, 1.807) is 0 Å². The number of rotatable bonds is 6. The van der Waals surface area contributed by atoms with E-state index >= 15 is 0 Å². The molecule has 0 N–H and O–H groups in total. The highest BCUT2D eigenvalue weighted by Gasteiger charge is 2.29. The van der Waals surface area contributed by atoms with Gasteiger partial charge in [-0.3, -0.25) is 4.79 Å². The summed E-state index contributed by atoms with van der Waals surface area (Å²) in [6, 6.07) is 20.9. The van der Waals surface area contributed by atoms with Gasteiger partial charge in [0.25, 0.3) is 0 Å². The second-order valence-corrected chi connectivity index (χ2v) is 10.0. The average molecular weight is 485 g/mol. The van der Waals surface area contributed by atoms with Crippen molar-refractivity contribution in [2.24, 2.45) is 0 Å². The first-order valence-electron chi connectivity index (χ1n) is 13.0. The molecule has 1 amide bonds. The molecule has 2 aliphatic heterocycles. The molecule has 0 atom stereocenters. The second-order valence-electron chi connectivity index (χ2n) is 10.0. The average Bonchev–Trinajstić information content (AvgIpc) is 2.92. The van der Waals surface area contributed by atoms with E-state index in [1.165, 1.54) is 5.69 Å². The summed E-state index contributed by atoms with van der Waals surface area (Å²) in [5.74, 6) is 1.92. The summed E-state index contributed by atoms with van der Waals surface area (Å²) < 4.78 is 0. The van der Waals surface area contributed by atoms with Crippen molar-refractivity contribution in [1.82, 2.24) is 14.9 Å². The van der Waals surface area contributed by atoms with Crippen molar-refractivity contribution in [3.8, 4) is 0 Å². The number of carbonyl (C=O) groups excluding carboxylic acids is 1. The Balaban J connectivity index is 1.35. The van der Waals surface area contributed by atoms with Gasteiger partial charge in [0, 0.05) is 63.5 Å². The molecule has 1 aromatic heterocycles. The number of piperazine rings is 1. The molecule has 5 rings (SSSR count). The Morgan fingerprint density at radius 3 is 2.19 bits per heavy atom. The number of para-hydroxylation sites is 1. The molecule has 0 saturated carbocycles. The molecule has 0 radical (unpaired) electrons. The van der Waals surface area contributed by atoms with Crippen LogP contribution in [0.5, 0.6) is 0 Å². The van der Waals surface area contributed by atoms with Crippen molar-refractivity contribution in [2.75, 3.05) is 54.5 Å². The van der Waals surface area contributed by atoms with Gasteiger partial charge in [-0.1, -0.05) is 48.5 Å². The molecule has 36 heavy (non-hydrogen) atoms. The first-order chi connectivity index (χ1) is 17.5. The zero-order valence-corrected chi connectivity index (χ0v) is 21.6. The van der Waals surface area contributed by atoms with E-state index in [4.69, 9.17) is 9.97 Å². The van der Waals surface area contributed by atoms with Gasteiger partial charge in [-0.25, -0.2) is 4.98 Å². The van der Waals surface area contributed by atoms with Crippen LogP contribution < -0.4 is 14.7 Å². The summed E-state index contributed by atoms with van der Waals surface area (Å²) >= 11 is 0. The van der Waals surface area contributed by atoms with Crippen LogP contribution in [0.1, 0.15) is 30.7 Å². The van der Waals surface area contributed by atoms with Gasteiger partial charge in [0.15, 0.2) is 0 Å². The predicted molar refractivity (Wildman–Crippen MR) is 146 cm³/mol. The van der Waals surface area contributed by atoms with Crippen LogP contribution >= 0.6 is 0 Å². The fourth-order valence-corrected chi connectivity index (χ4v) is 4.96. The molecule has 3 aromatic rings. The van der Waals surface area contributed by atoms with Crippen molar-refractivity contribution in [3.05, 3.63) is 77.5 Å². The Labute approximate surface area is 214 Å². The molecule has 2 aromatic carbocycles. The van der Waals surface area contributed by atoms with Crippen molar-refractivity contribution >= 4 is 23.4 Å². The van der Waals surface area contributed by atoms with Gasteiger partial charge in [-0.05, 0) is 31.5 Å². The quantitative estimate of drug-likeness (QED) is 0.531. The Morgan fingerprint density at radius 2 is 1.53 bits per heavy atom. The lowest BCUT2D eigenvalue weighted by atomic mass is 10.0. The molecule has 0 aliphatic carbocycles. The van der Waals surface area contributed by atoms with Gasteiger partial charge in [0.05, 0.1) is 18.7 Å². The molecular weight excluding hydrogens is 448 g/mol. The number of carbonyl (C=O) groups is 1. The summed E-state index contributed by atoms with van der Waals surface area (Å²) in [5.41, 5.74) is 4.49. The first kappa shape index (κ1) is 24.1. The lowest BCUT2D eigenvalue weighted by molar-refractivity contribution is -0.131. The minimum Gasteiger partial charge on any atom is -0.368 e. The van der Waals surface area contributed by atoms with Crippen LogP contribution in [-0.2, 0) is 24.2 Å². The van der Waals surface area contributed by atoms with Gasteiger partial charge in [-0.2, -0.15) is 4.98 Å². The molecule has 2 aliphatic rings. The minimum absolute atomic E-state index is 0.158. The van der Waals surface area contributed by atoms with E-state index in [2.05, 4.69) is 65.9 Å². The highest BCUT2D eigenvalue weighted by Crippen LogP contribution is 2.30. The maximum Gasteiger partial charge on any atom is 0.227 e. The van der Waals surface area contributed by atoms with E-state index in [0.717, 1.165) is 61.2 Å². The van der Waals surface area contributed by atoms with Gasteiger partial charge in [0.2, 0.25) is 11.9 Å². The van der Waals surface area contributed by atoms with Crippen LogP contribution in [0.2, 0.25) is 0 Å². The number of hydrogen-bond donors (Lipinski definition) is 0. The van der Waals surface area contributed by atoms with Crippen LogP contribution in [0.25, 0.3) is 0 Å². The van der Waals surface area contributed by atoms with E-state index in [1.807, 2.05) is 35.2 Å². The molecule has 7 heteroatoms. The highest BCUT2D eigenvalue weighted by molar-refractivity contribution is 5.79. The van der Waals surface area contributed by atoms with E-state index in [9.17, 15) is 4.79 Å². The molecule has 188 valence electrons. The minimum atomic E-state index is 0.158. The number of hydrogen-bond acceptors (Lipinski definition) is 6. The van der Waals surface area contributed by atoms with E-state index in [0.29, 0.717) is 25.6 Å². The van der Waals surface area contributed by atoms with E-state index < -0.39 is 0 Å². The molecule has 0 bridgehead atoms. The summed E-state index contributed by atoms with van der Waals surface area (Å²) in [7, 11) is 2.09. The third-order valence-electron chi connectivity index (χ3n) is 7.37. The number of amides is 1. The molecule has 1 fully saturated rings. The fraction of sp³-hybridized carbons (Fsp3) is 0.414. The second kappa shape index (κ2) is 10.6. The first-order valence-corrected chi connectivity index (χ1v) is 13.0. The molecule has 7 nitrogen and oxygen atoms in total. The Kier molecular flexibility index (Phi) is 7.07. The lowest BCUT2D eigenvalue weighted by Crippen LogP contribution is -2.47. The number of nitrogens with zero attached hydrogens (tertiary/aromatic N) is 6. The third kappa shape index (κ3) is 5.15. The maximum atomic E-state index is 13.1. The van der Waals surface area contributed by atoms with E-state index in [-0.39, 0.29) is 5.91 Å². The standard InChI is InChI=1S/C29H36N6O/c1-22(2)32(3)28-25-21-35(27(36)20-23-10-6-4-7-11-23)15-14-26(25)30-29(31-28)34-18-16-33(17-19-34)24-12-8-5-9-13-24/h4-13,22H,14-21H2,1-3H3. The van der Waals surface area contributed by atoms with Crippen molar-refractivity contribution < 1.29 is 4.79 Å². The van der Waals surface area contributed by atoms with Crippen molar-refractivity contribution in [2.45, 2.75) is 39.3 Å². The normalized spacial score (nSPS) is 15.7. The molecule has 3 heterocycles. The zero-order valence-electron chi connectivity index (χ0n) is 21.6. The van der Waals surface area contributed by atoms with Crippen LogP contribution in [0.4, 0.5) is 17.5 Å². The SMILES string of the molecule is CC(C)N(C)c1nc(N2CCN(c3ccccc3)CC2)nc2c1CN(C(=O)Cc1ccccc1)CC2. The molecule has 0 unspecified atom stereocenters. The fourth-order valence-electron chi connectivity index (χ4n) is 4.96. The molecule has 1 saturated heterocycles. The van der Waals surface area contributed by atoms with Crippen LogP contribution in [0.15, 0.2) is 60.7 Å². The number of fused-ring (bicyclic) bond motifs is 1. The highest BCUT2D eigenvalue weighted by atomic mass is 16.2. The van der Waals surface area contributed by atoms with Gasteiger partial charge in [0.1, 0.15) is 5.82 Å². The van der Waals surface area contributed by atoms with Gasteiger partial charge in [-0.15, -0.1) is 0 Å². The molecular formula is C29H36N6O. The third-order valence-corrected chi connectivity index (χ3v) is 7.37.